The minimum absolute atomic E-state index is 0.248. The molecule has 1 fully saturated rings. The summed E-state index contributed by atoms with van der Waals surface area (Å²) in [6.45, 7) is 0.542. The SMILES string of the molecule is O=C(O)C[C@@H]1C(=O)N2CCSC2=C1C(=O)c1ccccc1. The van der Waals surface area contributed by atoms with Crippen LogP contribution in [0.4, 0.5) is 0 Å². The number of carbonyl (C=O) groups is 3. The molecule has 0 radical (unpaired) electrons. The summed E-state index contributed by atoms with van der Waals surface area (Å²) in [5.41, 5.74) is 0.827. The van der Waals surface area contributed by atoms with E-state index >= 15 is 0 Å². The van der Waals surface area contributed by atoms with E-state index in [4.69, 9.17) is 5.11 Å². The highest BCUT2D eigenvalue weighted by molar-refractivity contribution is 8.03. The molecule has 3 rings (SSSR count). The van der Waals surface area contributed by atoms with E-state index in [1.807, 2.05) is 0 Å². The Balaban J connectivity index is 2.03. The highest BCUT2D eigenvalue weighted by Crippen LogP contribution is 2.43. The number of carbonyl (C=O) groups excluding carboxylic acids is 2. The minimum Gasteiger partial charge on any atom is -0.481 e. The van der Waals surface area contributed by atoms with Crippen LogP contribution in [-0.4, -0.2) is 40.0 Å². The number of amides is 1. The van der Waals surface area contributed by atoms with Crippen LogP contribution in [0.2, 0.25) is 0 Å². The number of rotatable bonds is 4. The molecule has 0 bridgehead atoms. The molecular weight excluding hydrogens is 290 g/mol. The van der Waals surface area contributed by atoms with Gasteiger partial charge in [-0.1, -0.05) is 30.3 Å². The second-order valence-electron chi connectivity index (χ2n) is 4.90. The summed E-state index contributed by atoms with van der Waals surface area (Å²) in [7, 11) is 0. The summed E-state index contributed by atoms with van der Waals surface area (Å²) in [6, 6.07) is 8.67. The Hall–Kier alpha value is -2.08. The third kappa shape index (κ3) is 2.35. The van der Waals surface area contributed by atoms with Gasteiger partial charge < -0.3 is 10.0 Å². The number of aliphatic carboxylic acids is 1. The van der Waals surface area contributed by atoms with Gasteiger partial charge in [0.15, 0.2) is 5.78 Å². The van der Waals surface area contributed by atoms with E-state index in [1.165, 1.54) is 11.8 Å². The molecule has 1 aromatic carbocycles. The second-order valence-corrected chi connectivity index (χ2v) is 5.99. The van der Waals surface area contributed by atoms with Gasteiger partial charge in [-0.05, 0) is 0 Å². The van der Waals surface area contributed by atoms with Gasteiger partial charge >= 0.3 is 5.97 Å². The first-order chi connectivity index (χ1) is 10.1. The van der Waals surface area contributed by atoms with E-state index in [9.17, 15) is 14.4 Å². The lowest BCUT2D eigenvalue weighted by Gasteiger charge is -2.12. The first-order valence-corrected chi connectivity index (χ1v) is 7.58. The Bertz CT molecular complexity index is 653. The van der Waals surface area contributed by atoms with Crippen LogP contribution in [0.1, 0.15) is 16.8 Å². The molecule has 0 saturated carbocycles. The highest BCUT2D eigenvalue weighted by Gasteiger charge is 2.45. The van der Waals surface area contributed by atoms with E-state index in [2.05, 4.69) is 0 Å². The normalized spacial score (nSPS) is 20.9. The monoisotopic (exact) mass is 303 g/mol. The van der Waals surface area contributed by atoms with Crippen LogP contribution in [0.5, 0.6) is 0 Å². The van der Waals surface area contributed by atoms with Crippen molar-refractivity contribution in [2.24, 2.45) is 5.92 Å². The minimum atomic E-state index is -1.07. The molecule has 2 aliphatic rings. The van der Waals surface area contributed by atoms with Gasteiger partial charge in [-0.15, -0.1) is 11.8 Å². The zero-order valence-corrected chi connectivity index (χ0v) is 11.9. The molecule has 1 aromatic rings. The topological polar surface area (TPSA) is 74.7 Å². The van der Waals surface area contributed by atoms with Crippen molar-refractivity contribution >= 4 is 29.4 Å². The van der Waals surface area contributed by atoms with Crippen LogP contribution >= 0.6 is 11.8 Å². The van der Waals surface area contributed by atoms with Crippen molar-refractivity contribution in [1.82, 2.24) is 4.90 Å². The summed E-state index contributed by atoms with van der Waals surface area (Å²) < 4.78 is 0. The van der Waals surface area contributed by atoms with Gasteiger partial charge in [0.25, 0.3) is 0 Å². The molecule has 1 N–H and O–H groups in total. The number of ketones is 1. The van der Waals surface area contributed by atoms with Gasteiger partial charge in [-0.2, -0.15) is 0 Å². The number of thioether (sulfide) groups is 1. The van der Waals surface area contributed by atoms with Gasteiger partial charge in [-0.3, -0.25) is 14.4 Å². The van der Waals surface area contributed by atoms with Crippen LogP contribution in [-0.2, 0) is 9.59 Å². The molecular formula is C15H13NO4S. The molecule has 0 aliphatic carbocycles. The molecule has 1 atom stereocenters. The number of carboxylic acid groups (broad SMARTS) is 1. The molecule has 1 amide bonds. The molecule has 0 aromatic heterocycles. The quantitative estimate of drug-likeness (QED) is 0.858. The van der Waals surface area contributed by atoms with Crippen molar-refractivity contribution in [3.05, 3.63) is 46.5 Å². The maximum Gasteiger partial charge on any atom is 0.304 e. The third-order valence-electron chi connectivity index (χ3n) is 3.60. The molecule has 108 valence electrons. The van der Waals surface area contributed by atoms with Crippen LogP contribution in [0.15, 0.2) is 40.9 Å². The average molecular weight is 303 g/mol. The third-order valence-corrected chi connectivity index (χ3v) is 4.70. The van der Waals surface area contributed by atoms with Crippen molar-refractivity contribution in [3.63, 3.8) is 0 Å². The molecule has 6 heteroatoms. The predicted molar refractivity (Wildman–Crippen MR) is 77.7 cm³/mol. The number of Topliss-reactive ketones (excluding diaryl/α,β-unsaturated/α-hetero) is 1. The van der Waals surface area contributed by atoms with Crippen LogP contribution in [0.25, 0.3) is 0 Å². The number of fused-ring (bicyclic) bond motifs is 1. The number of hydrogen-bond donors (Lipinski definition) is 1. The zero-order chi connectivity index (χ0) is 15.0. The summed E-state index contributed by atoms with van der Waals surface area (Å²) in [5, 5.41) is 9.65. The zero-order valence-electron chi connectivity index (χ0n) is 11.1. The number of nitrogens with zero attached hydrogens (tertiary/aromatic N) is 1. The van der Waals surface area contributed by atoms with Crippen molar-refractivity contribution in [2.75, 3.05) is 12.3 Å². The van der Waals surface area contributed by atoms with Gasteiger partial charge in [0.2, 0.25) is 5.91 Å². The first-order valence-electron chi connectivity index (χ1n) is 6.59. The number of hydrogen-bond acceptors (Lipinski definition) is 4. The second kappa shape index (κ2) is 5.37. The lowest BCUT2D eigenvalue weighted by atomic mass is 9.91. The average Bonchev–Trinajstić information content (AvgIpc) is 3.03. The number of benzene rings is 1. The van der Waals surface area contributed by atoms with Crippen LogP contribution < -0.4 is 0 Å². The maximum atomic E-state index is 12.7. The van der Waals surface area contributed by atoms with E-state index in [-0.39, 0.29) is 18.1 Å². The summed E-state index contributed by atoms with van der Waals surface area (Å²) in [4.78, 5) is 37.6. The van der Waals surface area contributed by atoms with E-state index in [0.717, 1.165) is 5.75 Å². The lowest BCUT2D eigenvalue weighted by molar-refractivity contribution is -0.141. The Kier molecular flexibility index (Phi) is 3.55. The van der Waals surface area contributed by atoms with E-state index in [0.29, 0.717) is 22.7 Å². The molecule has 0 spiro atoms. The van der Waals surface area contributed by atoms with Gasteiger partial charge in [-0.25, -0.2) is 0 Å². The molecule has 2 aliphatic heterocycles. The molecule has 21 heavy (non-hydrogen) atoms. The van der Waals surface area contributed by atoms with Crippen LogP contribution in [0.3, 0.4) is 0 Å². The maximum absolute atomic E-state index is 12.7. The molecule has 2 heterocycles. The molecule has 0 unspecified atom stereocenters. The fourth-order valence-corrected chi connectivity index (χ4v) is 3.87. The standard InChI is InChI=1S/C15H13NO4S/c17-11(18)8-10-12(13(19)9-4-2-1-3-5-9)15-16(14(10)20)6-7-21-15/h1-5,10H,6-8H2,(H,17,18)/t10-/m0/s1. The van der Waals surface area contributed by atoms with E-state index < -0.39 is 11.9 Å². The van der Waals surface area contributed by atoms with Crippen LogP contribution in [0, 0.1) is 5.92 Å². The van der Waals surface area contributed by atoms with Crippen molar-refractivity contribution in [1.29, 1.82) is 0 Å². The molecule has 1 saturated heterocycles. The lowest BCUT2D eigenvalue weighted by Crippen LogP contribution is -2.29. The van der Waals surface area contributed by atoms with E-state index in [1.54, 1.807) is 35.2 Å². The Morgan fingerprint density at radius 1 is 1.29 bits per heavy atom. The van der Waals surface area contributed by atoms with Crippen molar-refractivity contribution in [2.45, 2.75) is 6.42 Å². The fourth-order valence-electron chi connectivity index (χ4n) is 2.67. The predicted octanol–water partition coefficient (Wildman–Crippen LogP) is 1.76. The fraction of sp³-hybridized carbons (Fsp3) is 0.267. The Labute approximate surface area is 125 Å². The van der Waals surface area contributed by atoms with Gasteiger partial charge in [0.1, 0.15) is 0 Å². The summed E-state index contributed by atoms with van der Waals surface area (Å²) in [6.07, 6.45) is -0.340. The van der Waals surface area contributed by atoms with Crippen molar-refractivity contribution in [3.8, 4) is 0 Å². The van der Waals surface area contributed by atoms with Gasteiger partial charge in [0, 0.05) is 23.4 Å². The summed E-state index contributed by atoms with van der Waals surface area (Å²) in [5.74, 6) is -1.71. The first kappa shape index (κ1) is 13.9. The largest absolute Gasteiger partial charge is 0.481 e. The Morgan fingerprint density at radius 2 is 2.00 bits per heavy atom. The molecule has 5 nitrogen and oxygen atoms in total. The summed E-state index contributed by atoms with van der Waals surface area (Å²) >= 11 is 1.45. The Morgan fingerprint density at radius 3 is 2.67 bits per heavy atom. The highest BCUT2D eigenvalue weighted by atomic mass is 32.2. The smallest absolute Gasteiger partial charge is 0.304 e. The van der Waals surface area contributed by atoms with Crippen molar-refractivity contribution < 1.29 is 19.5 Å². The number of carboxylic acids is 1. The van der Waals surface area contributed by atoms with Gasteiger partial charge in [0.05, 0.1) is 17.4 Å².